The number of ether oxygens (including phenoxy) is 1. The van der Waals surface area contributed by atoms with Crippen LogP contribution in [0.5, 0.6) is 0 Å². The van der Waals surface area contributed by atoms with Crippen LogP contribution < -0.4 is 5.32 Å². The van der Waals surface area contributed by atoms with Crippen molar-refractivity contribution < 1.29 is 9.53 Å². The number of hydrogen-bond donors (Lipinski definition) is 1. The maximum absolute atomic E-state index is 11.9. The molecule has 3 rings (SSSR count). The predicted octanol–water partition coefficient (Wildman–Crippen LogP) is 4.43. The smallest absolute Gasteiger partial charge is 0.412 e. The van der Waals surface area contributed by atoms with Gasteiger partial charge in [0, 0.05) is 18.1 Å². The third-order valence-electron chi connectivity index (χ3n) is 3.48. The lowest BCUT2D eigenvalue weighted by Crippen LogP contribution is -2.27. The maximum atomic E-state index is 11.9. The quantitative estimate of drug-likeness (QED) is 0.775. The number of carbonyl (C=O) groups excluding carboxylic acids is 1. The molecule has 24 heavy (non-hydrogen) atoms. The van der Waals surface area contributed by atoms with Crippen LogP contribution in [0.15, 0.2) is 54.9 Å². The average Bonchev–Trinajstić information content (AvgIpc) is 2.89. The van der Waals surface area contributed by atoms with Crippen molar-refractivity contribution in [2.45, 2.75) is 32.9 Å². The second kappa shape index (κ2) is 6.35. The number of anilines is 1. The van der Waals surface area contributed by atoms with Gasteiger partial charge in [0.05, 0.1) is 17.8 Å². The van der Waals surface area contributed by atoms with Crippen LogP contribution in [0.25, 0.3) is 10.9 Å². The van der Waals surface area contributed by atoms with E-state index in [0.717, 1.165) is 16.6 Å². The molecule has 0 aliphatic heterocycles. The summed E-state index contributed by atoms with van der Waals surface area (Å²) in [6.45, 7) is 6.20. The molecule has 0 bridgehead atoms. The van der Waals surface area contributed by atoms with Crippen LogP contribution in [0, 0.1) is 0 Å². The van der Waals surface area contributed by atoms with Crippen LogP contribution in [-0.2, 0) is 11.3 Å². The Morgan fingerprint density at radius 1 is 1.21 bits per heavy atom. The van der Waals surface area contributed by atoms with Gasteiger partial charge in [-0.15, -0.1) is 0 Å². The summed E-state index contributed by atoms with van der Waals surface area (Å²) in [5.41, 5.74) is 2.21. The number of aromatic nitrogens is 2. The highest BCUT2D eigenvalue weighted by Gasteiger charge is 2.16. The molecule has 2 aromatic heterocycles. The fourth-order valence-corrected chi connectivity index (χ4v) is 2.49. The molecule has 0 saturated carbocycles. The van der Waals surface area contributed by atoms with Gasteiger partial charge in [0.1, 0.15) is 5.60 Å². The number of rotatable bonds is 3. The molecule has 2 heterocycles. The Morgan fingerprint density at radius 2 is 2.04 bits per heavy atom. The number of carbonyl (C=O) groups is 1. The third kappa shape index (κ3) is 3.93. The van der Waals surface area contributed by atoms with Crippen molar-refractivity contribution in [1.82, 2.24) is 9.55 Å². The molecule has 0 aliphatic carbocycles. The zero-order chi connectivity index (χ0) is 17.2. The molecule has 0 radical (unpaired) electrons. The summed E-state index contributed by atoms with van der Waals surface area (Å²) in [4.78, 5) is 16.3. The van der Waals surface area contributed by atoms with Gasteiger partial charge in [-0.25, -0.2) is 4.79 Å². The number of nitrogens with zero attached hydrogens (tertiary/aromatic N) is 2. The summed E-state index contributed by atoms with van der Waals surface area (Å²) in [6.07, 6.45) is 3.36. The van der Waals surface area contributed by atoms with Crippen molar-refractivity contribution in [3.05, 3.63) is 60.6 Å². The summed E-state index contributed by atoms with van der Waals surface area (Å²) in [7, 11) is 0. The van der Waals surface area contributed by atoms with Gasteiger partial charge in [-0.05, 0) is 56.5 Å². The zero-order valence-electron chi connectivity index (χ0n) is 14.1. The molecule has 124 valence electrons. The van der Waals surface area contributed by atoms with Gasteiger partial charge in [0.15, 0.2) is 0 Å². The molecule has 1 N–H and O–H groups in total. The molecular formula is C19H21N3O2. The number of fused-ring (bicyclic) bond motifs is 1. The SMILES string of the molecule is CC(C)(C)OC(=O)Nc1ccc2ccn(Cc3ccccn3)c2c1. The number of nitrogens with one attached hydrogen (secondary N) is 1. The second-order valence-corrected chi connectivity index (χ2v) is 6.67. The van der Waals surface area contributed by atoms with Crippen molar-refractivity contribution in [3.63, 3.8) is 0 Å². The molecule has 5 nitrogen and oxygen atoms in total. The Kier molecular flexibility index (Phi) is 4.25. The van der Waals surface area contributed by atoms with E-state index in [4.69, 9.17) is 4.74 Å². The highest BCUT2D eigenvalue weighted by Crippen LogP contribution is 2.22. The number of hydrogen-bond acceptors (Lipinski definition) is 3. The van der Waals surface area contributed by atoms with Crippen LogP contribution in [0.1, 0.15) is 26.5 Å². The minimum absolute atomic E-state index is 0.454. The van der Waals surface area contributed by atoms with Crippen LogP contribution in [0.2, 0.25) is 0 Å². The molecular weight excluding hydrogens is 302 g/mol. The predicted molar refractivity (Wildman–Crippen MR) is 95.1 cm³/mol. The van der Waals surface area contributed by atoms with Gasteiger partial charge in [0.2, 0.25) is 0 Å². The Hall–Kier alpha value is -2.82. The van der Waals surface area contributed by atoms with Gasteiger partial charge in [0.25, 0.3) is 0 Å². The highest BCUT2D eigenvalue weighted by molar-refractivity contribution is 5.90. The highest BCUT2D eigenvalue weighted by atomic mass is 16.6. The van der Waals surface area contributed by atoms with Gasteiger partial charge in [-0.2, -0.15) is 0 Å². The van der Waals surface area contributed by atoms with E-state index in [2.05, 4.69) is 20.9 Å². The Labute approximate surface area is 141 Å². The van der Waals surface area contributed by atoms with E-state index in [1.165, 1.54) is 0 Å². The number of benzene rings is 1. The first-order chi connectivity index (χ1) is 11.4. The molecule has 1 aromatic carbocycles. The van der Waals surface area contributed by atoms with Crippen LogP contribution in [0.4, 0.5) is 10.5 Å². The van der Waals surface area contributed by atoms with Crippen molar-refractivity contribution in [3.8, 4) is 0 Å². The molecule has 0 saturated heterocycles. The van der Waals surface area contributed by atoms with Gasteiger partial charge >= 0.3 is 6.09 Å². The average molecular weight is 323 g/mol. The summed E-state index contributed by atoms with van der Waals surface area (Å²) >= 11 is 0. The fourth-order valence-electron chi connectivity index (χ4n) is 2.49. The van der Waals surface area contributed by atoms with Crippen LogP contribution in [-0.4, -0.2) is 21.2 Å². The molecule has 0 aliphatic rings. The zero-order valence-corrected chi connectivity index (χ0v) is 14.1. The van der Waals surface area contributed by atoms with Crippen LogP contribution in [0.3, 0.4) is 0 Å². The van der Waals surface area contributed by atoms with Gasteiger partial charge < -0.3 is 9.30 Å². The Morgan fingerprint density at radius 3 is 2.75 bits per heavy atom. The minimum Gasteiger partial charge on any atom is -0.444 e. The topological polar surface area (TPSA) is 56.1 Å². The first-order valence-electron chi connectivity index (χ1n) is 7.89. The van der Waals surface area contributed by atoms with Crippen molar-refractivity contribution >= 4 is 22.7 Å². The first kappa shape index (κ1) is 16.1. The number of amides is 1. The monoisotopic (exact) mass is 323 g/mol. The van der Waals surface area contributed by atoms with Gasteiger partial charge in [-0.3, -0.25) is 10.3 Å². The van der Waals surface area contributed by atoms with E-state index in [1.807, 2.05) is 63.4 Å². The molecule has 5 heteroatoms. The molecule has 1 amide bonds. The molecule has 0 spiro atoms. The standard InChI is InChI=1S/C19H21N3O2/c1-19(2,3)24-18(23)21-15-8-7-14-9-11-22(17(14)12-15)13-16-6-4-5-10-20-16/h4-12H,13H2,1-3H3,(H,21,23). The molecule has 0 unspecified atom stereocenters. The van der Waals surface area contributed by atoms with E-state index >= 15 is 0 Å². The normalized spacial score (nSPS) is 11.5. The van der Waals surface area contributed by atoms with E-state index in [9.17, 15) is 4.79 Å². The van der Waals surface area contributed by atoms with E-state index < -0.39 is 11.7 Å². The molecule has 0 atom stereocenters. The number of pyridine rings is 1. The molecule has 3 aromatic rings. The Balaban J connectivity index is 1.82. The largest absolute Gasteiger partial charge is 0.444 e. The summed E-state index contributed by atoms with van der Waals surface area (Å²) in [5.74, 6) is 0. The summed E-state index contributed by atoms with van der Waals surface area (Å²) < 4.78 is 7.40. The first-order valence-corrected chi connectivity index (χ1v) is 7.89. The second-order valence-electron chi connectivity index (χ2n) is 6.67. The van der Waals surface area contributed by atoms with Crippen LogP contribution >= 0.6 is 0 Å². The lowest BCUT2D eigenvalue weighted by molar-refractivity contribution is 0.0636. The van der Waals surface area contributed by atoms with Gasteiger partial charge in [-0.1, -0.05) is 12.1 Å². The lowest BCUT2D eigenvalue weighted by Gasteiger charge is -2.19. The molecule has 0 fully saturated rings. The van der Waals surface area contributed by atoms with E-state index in [-0.39, 0.29) is 0 Å². The van der Waals surface area contributed by atoms with E-state index in [1.54, 1.807) is 6.20 Å². The minimum atomic E-state index is -0.520. The maximum Gasteiger partial charge on any atom is 0.412 e. The summed E-state index contributed by atoms with van der Waals surface area (Å²) in [6, 6.07) is 13.7. The Bertz CT molecular complexity index is 848. The van der Waals surface area contributed by atoms with Crippen molar-refractivity contribution in [1.29, 1.82) is 0 Å². The lowest BCUT2D eigenvalue weighted by atomic mass is 10.2. The van der Waals surface area contributed by atoms with Crippen molar-refractivity contribution in [2.24, 2.45) is 0 Å². The summed E-state index contributed by atoms with van der Waals surface area (Å²) in [5, 5.41) is 3.89. The van der Waals surface area contributed by atoms with E-state index in [0.29, 0.717) is 12.2 Å². The third-order valence-corrected chi connectivity index (χ3v) is 3.48. The van der Waals surface area contributed by atoms with Crippen molar-refractivity contribution in [2.75, 3.05) is 5.32 Å². The fraction of sp³-hybridized carbons (Fsp3) is 0.263.